The molecule has 1 amide bonds. The molecular formula is C8H8NNaO3. The normalized spacial score (nSPS) is 25.2. The number of carboxylic acid groups (broad SMARTS) is 1. The van der Waals surface area contributed by atoms with E-state index in [1.165, 1.54) is 4.90 Å². The molecule has 1 fully saturated rings. The van der Waals surface area contributed by atoms with Crippen molar-refractivity contribution in [1.82, 2.24) is 4.90 Å². The maximum Gasteiger partial charge on any atom is 1.00 e. The summed E-state index contributed by atoms with van der Waals surface area (Å²) in [5.41, 5.74) is 0.849. The van der Waals surface area contributed by atoms with Gasteiger partial charge in [-0.3, -0.25) is 4.79 Å². The van der Waals surface area contributed by atoms with Crippen LogP contribution in [0.15, 0.2) is 11.3 Å². The number of carbonyl (C=O) groups is 2. The second kappa shape index (κ2) is 3.44. The maximum absolute atomic E-state index is 11.0. The molecular weight excluding hydrogens is 181 g/mol. The van der Waals surface area contributed by atoms with Crippen LogP contribution in [0.25, 0.3) is 0 Å². The van der Waals surface area contributed by atoms with Crippen LogP contribution in [0, 0.1) is 0 Å². The second-order valence-electron chi connectivity index (χ2n) is 3.24. The number of carbonyl (C=O) groups excluding carboxylic acids is 2. The molecule has 2 aliphatic heterocycles. The van der Waals surface area contributed by atoms with Gasteiger partial charge in [0.1, 0.15) is 0 Å². The molecule has 13 heavy (non-hydrogen) atoms. The van der Waals surface area contributed by atoms with Gasteiger partial charge in [-0.05, 0) is 18.9 Å². The van der Waals surface area contributed by atoms with E-state index in [9.17, 15) is 14.7 Å². The minimum atomic E-state index is -1.23. The molecule has 1 saturated heterocycles. The Labute approximate surface area is 97.9 Å². The van der Waals surface area contributed by atoms with Crippen molar-refractivity contribution in [2.45, 2.75) is 25.8 Å². The van der Waals surface area contributed by atoms with Gasteiger partial charge in [0, 0.05) is 12.5 Å². The molecule has 0 N–H and O–H groups in total. The van der Waals surface area contributed by atoms with Crippen LogP contribution in [0.3, 0.4) is 0 Å². The summed E-state index contributed by atoms with van der Waals surface area (Å²) in [4.78, 5) is 22.9. The van der Waals surface area contributed by atoms with Crippen LogP contribution in [0.1, 0.15) is 19.8 Å². The molecule has 2 heterocycles. The van der Waals surface area contributed by atoms with Crippen LogP contribution < -0.4 is 34.7 Å². The van der Waals surface area contributed by atoms with Crippen molar-refractivity contribution < 1.29 is 44.3 Å². The van der Waals surface area contributed by atoms with Crippen LogP contribution in [0.4, 0.5) is 0 Å². The largest absolute Gasteiger partial charge is 1.00 e. The van der Waals surface area contributed by atoms with E-state index in [0.717, 1.165) is 5.57 Å². The van der Waals surface area contributed by atoms with Gasteiger partial charge in [-0.25, -0.2) is 0 Å². The Balaban J connectivity index is 0.000000845. The van der Waals surface area contributed by atoms with Crippen molar-refractivity contribution >= 4 is 11.9 Å². The van der Waals surface area contributed by atoms with Gasteiger partial charge in [-0.15, -0.1) is 0 Å². The third kappa shape index (κ3) is 1.43. The number of nitrogens with zero attached hydrogens (tertiary/aromatic N) is 1. The molecule has 4 nitrogen and oxygen atoms in total. The zero-order chi connectivity index (χ0) is 8.88. The van der Waals surface area contributed by atoms with Crippen LogP contribution in [-0.4, -0.2) is 22.8 Å². The maximum atomic E-state index is 11.0. The van der Waals surface area contributed by atoms with Crippen LogP contribution in [0.2, 0.25) is 0 Å². The van der Waals surface area contributed by atoms with Crippen molar-refractivity contribution in [2.75, 3.05) is 0 Å². The molecule has 2 aliphatic rings. The van der Waals surface area contributed by atoms with Gasteiger partial charge < -0.3 is 14.8 Å². The predicted molar refractivity (Wildman–Crippen MR) is 37.6 cm³/mol. The van der Waals surface area contributed by atoms with Gasteiger partial charge in [0.05, 0.1) is 11.7 Å². The molecule has 0 aromatic rings. The number of carboxylic acids is 1. The summed E-state index contributed by atoms with van der Waals surface area (Å²) in [6, 6.07) is 0.102. The van der Waals surface area contributed by atoms with E-state index in [1.807, 2.05) is 0 Å². The van der Waals surface area contributed by atoms with Gasteiger partial charge in [0.15, 0.2) is 0 Å². The first kappa shape index (κ1) is 10.8. The van der Waals surface area contributed by atoms with Crippen molar-refractivity contribution in [2.24, 2.45) is 0 Å². The molecule has 0 aromatic heterocycles. The summed E-state index contributed by atoms with van der Waals surface area (Å²) < 4.78 is 0. The molecule has 0 unspecified atom stereocenters. The van der Waals surface area contributed by atoms with E-state index in [2.05, 4.69) is 0 Å². The fourth-order valence-corrected chi connectivity index (χ4v) is 1.88. The molecule has 2 rings (SSSR count). The van der Waals surface area contributed by atoms with Gasteiger partial charge in [-0.1, -0.05) is 0 Å². The molecule has 0 bridgehead atoms. The van der Waals surface area contributed by atoms with Gasteiger partial charge >= 0.3 is 29.6 Å². The standard InChI is InChI=1S/C8H9NO3.Na/c1-4-2-5-3-6(10)9(5)7(4)8(11)12;/h5H,2-3H2,1H3,(H,11,12);/q;+1/p-1/t5-;/m1./s1. The summed E-state index contributed by atoms with van der Waals surface area (Å²) in [5.74, 6) is -1.33. The Bertz CT molecular complexity index is 311. The fraction of sp³-hybridized carbons (Fsp3) is 0.500. The molecule has 0 spiro atoms. The van der Waals surface area contributed by atoms with Gasteiger partial charge in [0.25, 0.3) is 0 Å². The number of β-lactam (4-membered cyclic amide) rings is 1. The molecule has 0 radical (unpaired) electrons. The molecule has 0 aromatic carbocycles. The Morgan fingerprint density at radius 3 is 2.54 bits per heavy atom. The molecule has 0 aliphatic carbocycles. The number of amides is 1. The smallest absolute Gasteiger partial charge is 0.543 e. The summed E-state index contributed by atoms with van der Waals surface area (Å²) in [7, 11) is 0. The zero-order valence-electron chi connectivity index (χ0n) is 7.66. The first-order valence-electron chi connectivity index (χ1n) is 3.84. The third-order valence-electron chi connectivity index (χ3n) is 2.42. The quantitative estimate of drug-likeness (QED) is 0.312. The van der Waals surface area contributed by atoms with Crippen molar-refractivity contribution in [1.29, 1.82) is 0 Å². The van der Waals surface area contributed by atoms with Gasteiger partial charge in [0.2, 0.25) is 5.91 Å². The number of fused-ring (bicyclic) bond motifs is 1. The fourth-order valence-electron chi connectivity index (χ4n) is 1.88. The first-order chi connectivity index (χ1) is 5.61. The zero-order valence-corrected chi connectivity index (χ0v) is 9.66. The van der Waals surface area contributed by atoms with Crippen molar-refractivity contribution in [3.63, 3.8) is 0 Å². The topological polar surface area (TPSA) is 60.4 Å². The van der Waals surface area contributed by atoms with Crippen LogP contribution in [0.5, 0.6) is 0 Å². The predicted octanol–water partition coefficient (Wildman–Crippen LogP) is -3.98. The number of hydrogen-bond donors (Lipinski definition) is 0. The Hall–Kier alpha value is -0.320. The minimum Gasteiger partial charge on any atom is -0.543 e. The number of aliphatic carboxylic acids is 1. The van der Waals surface area contributed by atoms with E-state index in [4.69, 9.17) is 0 Å². The monoisotopic (exact) mass is 189 g/mol. The Morgan fingerprint density at radius 2 is 2.15 bits per heavy atom. The molecule has 64 valence electrons. The first-order valence-corrected chi connectivity index (χ1v) is 3.84. The molecule has 5 heteroatoms. The van der Waals surface area contributed by atoms with Crippen LogP contribution >= 0.6 is 0 Å². The number of rotatable bonds is 1. The Morgan fingerprint density at radius 1 is 1.54 bits per heavy atom. The van der Waals surface area contributed by atoms with E-state index in [-0.39, 0.29) is 47.2 Å². The van der Waals surface area contributed by atoms with Crippen LogP contribution in [-0.2, 0) is 9.59 Å². The average molecular weight is 189 g/mol. The van der Waals surface area contributed by atoms with E-state index < -0.39 is 5.97 Å². The van der Waals surface area contributed by atoms with E-state index >= 15 is 0 Å². The van der Waals surface area contributed by atoms with Gasteiger partial charge in [-0.2, -0.15) is 0 Å². The van der Waals surface area contributed by atoms with E-state index in [0.29, 0.717) is 12.8 Å². The number of hydrogen-bond acceptors (Lipinski definition) is 3. The van der Waals surface area contributed by atoms with E-state index in [1.54, 1.807) is 6.92 Å². The minimum absolute atomic E-state index is 0. The van der Waals surface area contributed by atoms with Crippen molar-refractivity contribution in [3.8, 4) is 0 Å². The van der Waals surface area contributed by atoms with Crippen molar-refractivity contribution in [3.05, 3.63) is 11.3 Å². The Kier molecular flexibility index (Phi) is 2.85. The molecule has 0 saturated carbocycles. The summed E-state index contributed by atoms with van der Waals surface area (Å²) in [6.07, 6.45) is 1.17. The average Bonchev–Trinajstić information content (AvgIpc) is 2.22. The second-order valence-corrected chi connectivity index (χ2v) is 3.24. The summed E-state index contributed by atoms with van der Waals surface area (Å²) in [6.45, 7) is 1.73. The molecule has 1 atom stereocenters. The third-order valence-corrected chi connectivity index (χ3v) is 2.42. The SMILES string of the molecule is CC1=C(C(=O)[O-])N2C(=O)C[C@H]2C1.[Na+]. The summed E-state index contributed by atoms with van der Waals surface area (Å²) in [5, 5.41) is 10.6. The summed E-state index contributed by atoms with van der Waals surface area (Å²) >= 11 is 0.